The van der Waals surface area contributed by atoms with Crippen LogP contribution in [0.2, 0.25) is 0 Å². The second-order valence-electron chi connectivity index (χ2n) is 3.85. The molecule has 18 heavy (non-hydrogen) atoms. The standard InChI is InChI=1S/C14H10O4/c15-12(8-13(16)14(17)18)11-7-3-5-9-4-1-2-6-10(9)11/h1-7H,8H2,(H,17,18). The topological polar surface area (TPSA) is 71.4 Å². The van der Waals surface area contributed by atoms with Gasteiger partial charge >= 0.3 is 5.97 Å². The van der Waals surface area contributed by atoms with Gasteiger partial charge in [0.05, 0.1) is 6.42 Å². The molecular formula is C14H10O4. The molecule has 0 heterocycles. The third-order valence-corrected chi connectivity index (χ3v) is 2.65. The van der Waals surface area contributed by atoms with Gasteiger partial charge in [-0.2, -0.15) is 0 Å². The van der Waals surface area contributed by atoms with Gasteiger partial charge in [0.1, 0.15) is 0 Å². The number of carboxylic acids is 1. The highest BCUT2D eigenvalue weighted by atomic mass is 16.4. The van der Waals surface area contributed by atoms with E-state index in [2.05, 4.69) is 0 Å². The van der Waals surface area contributed by atoms with E-state index in [4.69, 9.17) is 5.11 Å². The first-order valence-electron chi connectivity index (χ1n) is 5.36. The summed E-state index contributed by atoms with van der Waals surface area (Å²) in [6, 6.07) is 12.4. The average Bonchev–Trinajstić information content (AvgIpc) is 2.37. The Morgan fingerprint density at radius 3 is 2.33 bits per heavy atom. The van der Waals surface area contributed by atoms with Gasteiger partial charge in [-0.05, 0) is 10.8 Å². The average molecular weight is 242 g/mol. The van der Waals surface area contributed by atoms with E-state index in [0.29, 0.717) is 5.56 Å². The molecule has 2 aromatic rings. The molecule has 0 fully saturated rings. The molecule has 1 N–H and O–H groups in total. The van der Waals surface area contributed by atoms with Crippen molar-refractivity contribution in [2.45, 2.75) is 6.42 Å². The number of hydrogen-bond acceptors (Lipinski definition) is 3. The molecule has 0 amide bonds. The Morgan fingerprint density at radius 1 is 0.944 bits per heavy atom. The molecule has 0 saturated carbocycles. The molecule has 0 aliphatic carbocycles. The SMILES string of the molecule is O=C(O)C(=O)CC(=O)c1cccc2ccccc12. The van der Waals surface area contributed by atoms with Crippen LogP contribution in [0.5, 0.6) is 0 Å². The van der Waals surface area contributed by atoms with Gasteiger partial charge in [0.25, 0.3) is 0 Å². The first kappa shape index (κ1) is 12.0. The largest absolute Gasteiger partial charge is 0.475 e. The number of rotatable bonds is 4. The number of Topliss-reactive ketones (excluding diaryl/α,β-unsaturated/α-hetero) is 2. The van der Waals surface area contributed by atoms with Crippen molar-refractivity contribution in [3.05, 3.63) is 48.0 Å². The maximum Gasteiger partial charge on any atom is 0.372 e. The summed E-state index contributed by atoms with van der Waals surface area (Å²) >= 11 is 0. The Balaban J connectivity index is 2.39. The van der Waals surface area contributed by atoms with E-state index in [0.717, 1.165) is 10.8 Å². The zero-order valence-corrected chi connectivity index (χ0v) is 9.42. The minimum atomic E-state index is -1.58. The van der Waals surface area contributed by atoms with Crippen molar-refractivity contribution in [1.29, 1.82) is 0 Å². The smallest absolute Gasteiger partial charge is 0.372 e. The Labute approximate surface area is 103 Å². The van der Waals surface area contributed by atoms with Crippen LogP contribution in [0.4, 0.5) is 0 Å². The van der Waals surface area contributed by atoms with Gasteiger partial charge in [-0.15, -0.1) is 0 Å². The quantitative estimate of drug-likeness (QED) is 0.506. The molecule has 4 heteroatoms. The lowest BCUT2D eigenvalue weighted by atomic mass is 9.99. The summed E-state index contributed by atoms with van der Waals surface area (Å²) in [5, 5.41) is 10.1. The number of carbonyl (C=O) groups excluding carboxylic acids is 2. The summed E-state index contributed by atoms with van der Waals surface area (Å²) < 4.78 is 0. The molecule has 2 aromatic carbocycles. The van der Waals surface area contributed by atoms with Gasteiger partial charge in [0.2, 0.25) is 5.78 Å². The number of carboxylic acid groups (broad SMARTS) is 1. The minimum absolute atomic E-state index is 0.378. The second-order valence-corrected chi connectivity index (χ2v) is 3.85. The zero-order chi connectivity index (χ0) is 13.1. The molecular weight excluding hydrogens is 232 g/mol. The lowest BCUT2D eigenvalue weighted by Gasteiger charge is -2.04. The van der Waals surface area contributed by atoms with Crippen molar-refractivity contribution in [3.8, 4) is 0 Å². The van der Waals surface area contributed by atoms with Gasteiger partial charge in [-0.1, -0.05) is 42.5 Å². The van der Waals surface area contributed by atoms with E-state index < -0.39 is 24.0 Å². The van der Waals surface area contributed by atoms with Crippen LogP contribution in [0.3, 0.4) is 0 Å². The third-order valence-electron chi connectivity index (χ3n) is 2.65. The molecule has 0 radical (unpaired) electrons. The van der Waals surface area contributed by atoms with Crippen molar-refractivity contribution in [2.75, 3.05) is 0 Å². The first-order chi connectivity index (χ1) is 8.59. The van der Waals surface area contributed by atoms with Crippen molar-refractivity contribution < 1.29 is 19.5 Å². The third kappa shape index (κ3) is 2.27. The Hall–Kier alpha value is -2.49. The van der Waals surface area contributed by atoms with E-state index in [1.54, 1.807) is 24.3 Å². The molecule has 0 unspecified atom stereocenters. The summed E-state index contributed by atoms with van der Waals surface area (Å²) in [5.74, 6) is -3.14. The highest BCUT2D eigenvalue weighted by Gasteiger charge is 2.18. The van der Waals surface area contributed by atoms with Gasteiger partial charge in [-0.3, -0.25) is 9.59 Å². The first-order valence-corrected chi connectivity index (χ1v) is 5.36. The summed E-state index contributed by atoms with van der Waals surface area (Å²) in [5.41, 5.74) is 0.378. The summed E-state index contributed by atoms with van der Waals surface area (Å²) in [7, 11) is 0. The highest BCUT2D eigenvalue weighted by Crippen LogP contribution is 2.19. The van der Waals surface area contributed by atoms with Crippen molar-refractivity contribution in [3.63, 3.8) is 0 Å². The van der Waals surface area contributed by atoms with E-state index >= 15 is 0 Å². The lowest BCUT2D eigenvalue weighted by molar-refractivity contribution is -0.148. The monoisotopic (exact) mass is 242 g/mol. The van der Waals surface area contributed by atoms with Crippen molar-refractivity contribution in [2.24, 2.45) is 0 Å². The molecule has 0 aromatic heterocycles. The van der Waals surface area contributed by atoms with Crippen LogP contribution in [0.15, 0.2) is 42.5 Å². The Kier molecular flexibility index (Phi) is 3.19. The summed E-state index contributed by atoms with van der Waals surface area (Å²) in [4.78, 5) is 33.4. The second kappa shape index (κ2) is 4.79. The fourth-order valence-electron chi connectivity index (χ4n) is 1.79. The van der Waals surface area contributed by atoms with Crippen molar-refractivity contribution in [1.82, 2.24) is 0 Å². The van der Waals surface area contributed by atoms with Crippen LogP contribution in [0.1, 0.15) is 16.8 Å². The predicted molar refractivity (Wildman–Crippen MR) is 65.5 cm³/mol. The number of carbonyl (C=O) groups is 3. The van der Waals surface area contributed by atoms with Crippen LogP contribution >= 0.6 is 0 Å². The molecule has 0 atom stereocenters. The zero-order valence-electron chi connectivity index (χ0n) is 9.42. The molecule has 90 valence electrons. The van der Waals surface area contributed by atoms with Crippen LogP contribution in [0.25, 0.3) is 10.8 Å². The Morgan fingerprint density at radius 2 is 1.61 bits per heavy atom. The highest BCUT2D eigenvalue weighted by molar-refractivity contribution is 6.37. The van der Waals surface area contributed by atoms with Crippen LogP contribution in [0, 0.1) is 0 Å². The number of hydrogen-bond donors (Lipinski definition) is 1. The number of ketones is 2. The Bertz CT molecular complexity index is 638. The summed E-state index contributed by atoms with van der Waals surface area (Å²) in [6.07, 6.45) is -0.608. The molecule has 0 bridgehead atoms. The molecule has 0 spiro atoms. The molecule has 0 saturated heterocycles. The maximum atomic E-state index is 11.9. The molecule has 4 nitrogen and oxygen atoms in total. The maximum absolute atomic E-state index is 11.9. The normalized spacial score (nSPS) is 10.2. The van der Waals surface area contributed by atoms with Gasteiger partial charge in [0.15, 0.2) is 5.78 Å². The van der Waals surface area contributed by atoms with Crippen LogP contribution < -0.4 is 0 Å². The lowest BCUT2D eigenvalue weighted by Crippen LogP contribution is -2.17. The fraction of sp³-hybridized carbons (Fsp3) is 0.0714. The number of aliphatic carboxylic acids is 1. The minimum Gasteiger partial charge on any atom is -0.475 e. The van der Waals surface area contributed by atoms with E-state index in [1.807, 2.05) is 18.2 Å². The van der Waals surface area contributed by atoms with Crippen LogP contribution in [-0.2, 0) is 9.59 Å². The number of fused-ring (bicyclic) bond motifs is 1. The van der Waals surface area contributed by atoms with Gasteiger partial charge < -0.3 is 5.11 Å². The van der Waals surface area contributed by atoms with Gasteiger partial charge in [-0.25, -0.2) is 4.79 Å². The van der Waals surface area contributed by atoms with E-state index in [9.17, 15) is 14.4 Å². The number of benzene rings is 2. The molecule has 2 rings (SSSR count). The van der Waals surface area contributed by atoms with Crippen molar-refractivity contribution >= 4 is 28.3 Å². The van der Waals surface area contributed by atoms with Crippen LogP contribution in [-0.4, -0.2) is 22.6 Å². The van der Waals surface area contributed by atoms with E-state index in [1.165, 1.54) is 0 Å². The predicted octanol–water partition coefficient (Wildman–Crippen LogP) is 2.07. The van der Waals surface area contributed by atoms with Gasteiger partial charge in [0, 0.05) is 5.56 Å². The van der Waals surface area contributed by atoms with E-state index in [-0.39, 0.29) is 0 Å². The molecule has 0 aliphatic rings. The fourth-order valence-corrected chi connectivity index (χ4v) is 1.79. The summed E-state index contributed by atoms with van der Waals surface area (Å²) in [6.45, 7) is 0. The molecule has 0 aliphatic heterocycles.